The average molecular weight is 608 g/mol. The van der Waals surface area contributed by atoms with Crippen molar-refractivity contribution >= 4 is 40.9 Å². The average Bonchev–Trinajstić information content (AvgIpc) is 3.53. The van der Waals surface area contributed by atoms with Gasteiger partial charge < -0.3 is 5.32 Å². The molecule has 3 fully saturated rings. The van der Waals surface area contributed by atoms with E-state index in [1.165, 1.54) is 9.80 Å². The van der Waals surface area contributed by atoms with Gasteiger partial charge in [-0.3, -0.25) is 24.0 Å². The molecule has 2 saturated heterocycles. The molecule has 3 aliphatic carbocycles. The van der Waals surface area contributed by atoms with Crippen LogP contribution >= 0.6 is 0 Å². The Morgan fingerprint density at radius 1 is 0.565 bits per heavy atom. The number of para-hydroxylation sites is 2. The second-order valence-electron chi connectivity index (χ2n) is 12.4. The molecule has 8 heteroatoms. The van der Waals surface area contributed by atoms with Gasteiger partial charge in [-0.15, -0.1) is 0 Å². The van der Waals surface area contributed by atoms with Gasteiger partial charge in [0, 0.05) is 11.0 Å². The highest BCUT2D eigenvalue weighted by molar-refractivity contribution is 6.28. The minimum atomic E-state index is -1.66. The number of anilines is 2. The van der Waals surface area contributed by atoms with Crippen LogP contribution in [0.4, 0.5) is 11.4 Å². The van der Waals surface area contributed by atoms with Crippen LogP contribution < -0.4 is 15.1 Å². The van der Waals surface area contributed by atoms with Gasteiger partial charge in [-0.1, -0.05) is 91.0 Å². The Labute approximate surface area is 265 Å². The van der Waals surface area contributed by atoms with Gasteiger partial charge in [0.2, 0.25) is 23.6 Å². The van der Waals surface area contributed by atoms with Gasteiger partial charge >= 0.3 is 0 Å². The molecule has 2 unspecified atom stereocenters. The van der Waals surface area contributed by atoms with Gasteiger partial charge in [0.05, 0.1) is 40.6 Å². The molecule has 8 nitrogen and oxygen atoms in total. The number of amides is 5. The molecular weight excluding hydrogens is 578 g/mol. The third-order valence-corrected chi connectivity index (χ3v) is 10.4. The number of nitrogens with one attached hydrogen (secondary N) is 1. The summed E-state index contributed by atoms with van der Waals surface area (Å²) in [7, 11) is 0. The number of allylic oxidation sites excluding steroid dienone is 1. The van der Waals surface area contributed by atoms with Crippen LogP contribution in [0, 0.1) is 23.7 Å². The van der Waals surface area contributed by atoms with Gasteiger partial charge in [0.25, 0.3) is 5.91 Å². The highest BCUT2D eigenvalue weighted by Crippen LogP contribution is 2.68. The second kappa shape index (κ2) is 9.94. The second-order valence-corrected chi connectivity index (χ2v) is 12.4. The quantitative estimate of drug-likeness (QED) is 0.262. The van der Waals surface area contributed by atoms with E-state index in [0.717, 1.165) is 0 Å². The van der Waals surface area contributed by atoms with Crippen LogP contribution in [0.3, 0.4) is 0 Å². The fourth-order valence-electron chi connectivity index (χ4n) is 8.69. The lowest BCUT2D eigenvalue weighted by atomic mass is 9.40. The number of imide groups is 2. The van der Waals surface area contributed by atoms with E-state index in [-0.39, 0.29) is 0 Å². The van der Waals surface area contributed by atoms with E-state index in [2.05, 4.69) is 5.32 Å². The van der Waals surface area contributed by atoms with Gasteiger partial charge in [-0.25, -0.2) is 9.80 Å². The number of carbonyl (C=O) groups is 5. The molecule has 0 spiro atoms. The molecule has 226 valence electrons. The first-order chi connectivity index (χ1) is 22.3. The lowest BCUT2D eigenvalue weighted by Gasteiger charge is -2.61. The lowest BCUT2D eigenvalue weighted by Crippen LogP contribution is -2.75. The van der Waals surface area contributed by atoms with Crippen molar-refractivity contribution < 1.29 is 24.0 Å². The fraction of sp³-hybridized carbons (Fsp3) is 0.184. The van der Waals surface area contributed by atoms with Crippen molar-refractivity contribution in [3.63, 3.8) is 0 Å². The summed E-state index contributed by atoms with van der Waals surface area (Å²) >= 11 is 0. The van der Waals surface area contributed by atoms with Crippen LogP contribution in [0.25, 0.3) is 0 Å². The number of rotatable bonds is 5. The summed E-state index contributed by atoms with van der Waals surface area (Å²) in [5.41, 5.74) is -0.658. The summed E-state index contributed by atoms with van der Waals surface area (Å²) in [5.74, 6) is -6.94. The number of nitrogens with zero attached hydrogens (tertiary/aromatic N) is 2. The Morgan fingerprint density at radius 3 is 1.41 bits per heavy atom. The number of benzene rings is 4. The zero-order valence-corrected chi connectivity index (χ0v) is 24.9. The molecule has 1 saturated carbocycles. The number of hydrogen-bond donors (Lipinski definition) is 1. The van der Waals surface area contributed by atoms with Gasteiger partial charge in [-0.2, -0.15) is 0 Å². The van der Waals surface area contributed by atoms with E-state index < -0.39 is 64.2 Å². The summed E-state index contributed by atoms with van der Waals surface area (Å²) in [6.07, 6.45) is 1.88. The molecule has 5 aliphatic rings. The van der Waals surface area contributed by atoms with Crippen LogP contribution in [0.15, 0.2) is 133 Å². The van der Waals surface area contributed by atoms with E-state index in [1.54, 1.807) is 97.9 Å². The standard InChI is InChI=1S/C38H29N3O5/c1-23-22-37(25-16-8-3-9-17-25)28-30(35(45)40(33(28)43)26-18-10-4-11-19-26)38(23,39-32(42)24-14-6-2-7-15-24)31-29(37)34(44)41(36(31)46)27-20-12-5-13-21-27/h2-22,28-31H,1H3,(H,39,42)/t28-,29+,30+,31-,37?,38?. The molecule has 4 aromatic rings. The molecule has 2 heterocycles. The molecule has 0 aromatic heterocycles. The van der Waals surface area contributed by atoms with Gasteiger partial charge in [0.1, 0.15) is 0 Å². The largest absolute Gasteiger partial charge is 0.341 e. The summed E-state index contributed by atoms with van der Waals surface area (Å²) in [6.45, 7) is 1.79. The first-order valence-electron chi connectivity index (χ1n) is 15.3. The molecule has 1 N–H and O–H groups in total. The summed E-state index contributed by atoms with van der Waals surface area (Å²) in [4.78, 5) is 75.7. The van der Waals surface area contributed by atoms with Crippen molar-refractivity contribution in [1.82, 2.24) is 5.32 Å². The van der Waals surface area contributed by atoms with Crippen molar-refractivity contribution in [2.45, 2.75) is 17.9 Å². The zero-order chi connectivity index (χ0) is 31.8. The molecule has 46 heavy (non-hydrogen) atoms. The number of carbonyl (C=O) groups excluding carboxylic acids is 5. The highest BCUT2D eigenvalue weighted by Gasteiger charge is 2.81. The van der Waals surface area contributed by atoms with Crippen molar-refractivity contribution in [1.29, 1.82) is 0 Å². The van der Waals surface area contributed by atoms with Crippen molar-refractivity contribution in [2.24, 2.45) is 23.7 Å². The Bertz CT molecular complexity index is 1880. The van der Waals surface area contributed by atoms with Crippen molar-refractivity contribution in [2.75, 3.05) is 9.80 Å². The van der Waals surface area contributed by atoms with Gasteiger partial charge in [0.15, 0.2) is 0 Å². The molecule has 4 aromatic carbocycles. The third-order valence-electron chi connectivity index (χ3n) is 10.4. The lowest BCUT2D eigenvalue weighted by molar-refractivity contribution is -0.144. The van der Waals surface area contributed by atoms with Crippen LogP contribution in [-0.2, 0) is 24.6 Å². The first kappa shape index (κ1) is 27.9. The van der Waals surface area contributed by atoms with E-state index in [0.29, 0.717) is 28.1 Å². The van der Waals surface area contributed by atoms with Crippen LogP contribution in [0.2, 0.25) is 0 Å². The maximum absolute atomic E-state index is 14.8. The molecule has 5 amide bonds. The van der Waals surface area contributed by atoms with E-state index in [1.807, 2.05) is 36.4 Å². The monoisotopic (exact) mass is 607 g/mol. The molecule has 9 rings (SSSR count). The Balaban J connectivity index is 1.43. The Hall–Kier alpha value is -5.63. The minimum absolute atomic E-state index is 0.330. The topological polar surface area (TPSA) is 104 Å². The smallest absolute Gasteiger partial charge is 0.252 e. The predicted octanol–water partition coefficient (Wildman–Crippen LogP) is 4.68. The van der Waals surface area contributed by atoms with Crippen molar-refractivity contribution in [3.8, 4) is 0 Å². The predicted molar refractivity (Wildman–Crippen MR) is 170 cm³/mol. The van der Waals surface area contributed by atoms with Crippen molar-refractivity contribution in [3.05, 3.63) is 144 Å². The van der Waals surface area contributed by atoms with E-state index in [9.17, 15) is 24.0 Å². The van der Waals surface area contributed by atoms with Crippen LogP contribution in [0.1, 0.15) is 22.8 Å². The minimum Gasteiger partial charge on any atom is -0.341 e. The molecule has 2 aliphatic heterocycles. The normalized spacial score (nSPS) is 29.5. The highest BCUT2D eigenvalue weighted by atomic mass is 16.2. The van der Waals surface area contributed by atoms with Crippen LogP contribution in [0.5, 0.6) is 0 Å². The first-order valence-corrected chi connectivity index (χ1v) is 15.3. The Kier molecular flexibility index (Phi) is 6.02. The van der Waals surface area contributed by atoms with Crippen LogP contribution in [-0.4, -0.2) is 35.1 Å². The third kappa shape index (κ3) is 3.46. The van der Waals surface area contributed by atoms with E-state index in [4.69, 9.17) is 0 Å². The maximum atomic E-state index is 14.8. The van der Waals surface area contributed by atoms with Gasteiger partial charge in [-0.05, 0) is 54.5 Å². The molecule has 6 atom stereocenters. The maximum Gasteiger partial charge on any atom is 0.252 e. The fourth-order valence-corrected chi connectivity index (χ4v) is 8.69. The van der Waals surface area contributed by atoms with E-state index >= 15 is 0 Å². The number of hydrogen-bond acceptors (Lipinski definition) is 5. The SMILES string of the molecule is CC1=CC2(c3ccccc3)[C@@H]3C(=O)N(c4ccccc4)C(=O)[C@@H]3C1(NC(=O)c1ccccc1)[C@@H]1C(=O)N(c3ccccc3)C(=O)[C@@H]12. The summed E-state index contributed by atoms with van der Waals surface area (Å²) in [5, 5.41) is 3.14. The Morgan fingerprint density at radius 2 is 0.957 bits per heavy atom. The summed E-state index contributed by atoms with van der Waals surface area (Å²) in [6, 6.07) is 35.1. The molecule has 2 bridgehead atoms. The molecular formula is C38H29N3O5. The summed E-state index contributed by atoms with van der Waals surface area (Å²) < 4.78 is 0. The molecule has 0 radical (unpaired) electrons. The zero-order valence-electron chi connectivity index (χ0n) is 24.9.